The highest BCUT2D eigenvalue weighted by Gasteiger charge is 2.41. The van der Waals surface area contributed by atoms with Crippen LogP contribution < -0.4 is 4.74 Å². The average Bonchev–Trinajstić information content (AvgIpc) is 3.38. The Bertz CT molecular complexity index is 998. The molecule has 0 amide bonds. The van der Waals surface area contributed by atoms with Crippen LogP contribution in [0.25, 0.3) is 0 Å². The van der Waals surface area contributed by atoms with Gasteiger partial charge in [-0.25, -0.2) is 5.01 Å². The fourth-order valence-corrected chi connectivity index (χ4v) is 4.91. The highest BCUT2D eigenvalue weighted by molar-refractivity contribution is 9.10. The van der Waals surface area contributed by atoms with Gasteiger partial charge in [0.15, 0.2) is 0 Å². The van der Waals surface area contributed by atoms with Crippen LogP contribution in [0.15, 0.2) is 69.6 Å². The maximum absolute atomic E-state index is 6.37. The lowest BCUT2D eigenvalue weighted by Crippen LogP contribution is -2.33. The molecule has 2 aromatic carbocycles. The van der Waals surface area contributed by atoms with Gasteiger partial charge in [0.25, 0.3) is 0 Å². The van der Waals surface area contributed by atoms with E-state index in [2.05, 4.69) is 81.8 Å². The first-order valence-electron chi connectivity index (χ1n) is 9.17. The van der Waals surface area contributed by atoms with Crippen molar-refractivity contribution < 1.29 is 4.74 Å². The first kappa shape index (κ1) is 17.0. The van der Waals surface area contributed by atoms with Crippen molar-refractivity contribution in [2.24, 2.45) is 5.10 Å². The molecule has 27 heavy (non-hydrogen) atoms. The molecule has 0 bridgehead atoms. The van der Waals surface area contributed by atoms with E-state index in [4.69, 9.17) is 9.84 Å². The van der Waals surface area contributed by atoms with Gasteiger partial charge in [-0.2, -0.15) is 5.10 Å². The van der Waals surface area contributed by atoms with Crippen molar-refractivity contribution >= 4 is 33.0 Å². The van der Waals surface area contributed by atoms with E-state index in [1.807, 2.05) is 6.07 Å². The summed E-state index contributed by atoms with van der Waals surface area (Å²) in [6, 6.07) is 19.4. The molecule has 0 N–H and O–H groups in total. The normalized spacial score (nSPS) is 20.7. The maximum atomic E-state index is 6.37. The zero-order valence-corrected chi connectivity index (χ0v) is 17.3. The third kappa shape index (κ3) is 2.99. The van der Waals surface area contributed by atoms with Crippen LogP contribution in [0, 0.1) is 0 Å². The van der Waals surface area contributed by atoms with E-state index in [9.17, 15) is 0 Å². The average molecular weight is 439 g/mol. The van der Waals surface area contributed by atoms with Gasteiger partial charge < -0.3 is 4.74 Å². The van der Waals surface area contributed by atoms with Crippen molar-refractivity contribution in [1.82, 2.24) is 5.01 Å². The number of nitrogens with zero attached hydrogens (tertiary/aromatic N) is 2. The van der Waals surface area contributed by atoms with Crippen LogP contribution in [0.3, 0.4) is 0 Å². The van der Waals surface area contributed by atoms with Crippen molar-refractivity contribution in [2.75, 3.05) is 0 Å². The summed E-state index contributed by atoms with van der Waals surface area (Å²) >= 11 is 5.32. The molecule has 0 unspecified atom stereocenters. The quantitative estimate of drug-likeness (QED) is 0.478. The highest BCUT2D eigenvalue weighted by Crippen LogP contribution is 2.48. The maximum Gasteiger partial charge on any atom is 0.222 e. The molecule has 0 saturated carbocycles. The van der Waals surface area contributed by atoms with Crippen LogP contribution in [0.5, 0.6) is 5.75 Å². The Morgan fingerprint density at radius 3 is 2.78 bits per heavy atom. The van der Waals surface area contributed by atoms with Gasteiger partial charge in [-0.3, -0.25) is 0 Å². The number of rotatable bonds is 3. The summed E-state index contributed by atoms with van der Waals surface area (Å²) in [5, 5.41) is 9.25. The number of thiophene rings is 1. The first-order chi connectivity index (χ1) is 13.2. The van der Waals surface area contributed by atoms with Gasteiger partial charge in [-0.05, 0) is 47.2 Å². The van der Waals surface area contributed by atoms with E-state index >= 15 is 0 Å². The summed E-state index contributed by atoms with van der Waals surface area (Å²) in [6.07, 6.45) is 1.77. The second-order valence-electron chi connectivity index (χ2n) is 6.86. The van der Waals surface area contributed by atoms with E-state index < -0.39 is 0 Å². The molecule has 1 aromatic heterocycles. The molecule has 0 spiro atoms. The third-order valence-electron chi connectivity index (χ3n) is 5.23. The second kappa shape index (κ2) is 6.80. The van der Waals surface area contributed by atoms with Crippen molar-refractivity contribution in [3.63, 3.8) is 0 Å². The lowest BCUT2D eigenvalue weighted by molar-refractivity contribution is -0.0166. The van der Waals surface area contributed by atoms with Crippen LogP contribution in [0.1, 0.15) is 47.2 Å². The summed E-state index contributed by atoms with van der Waals surface area (Å²) in [7, 11) is 0. The predicted molar refractivity (Wildman–Crippen MR) is 113 cm³/mol. The molecule has 3 nitrogen and oxygen atoms in total. The zero-order valence-electron chi connectivity index (χ0n) is 14.9. The van der Waals surface area contributed by atoms with Crippen molar-refractivity contribution in [3.8, 4) is 5.75 Å². The molecular weight excluding hydrogens is 420 g/mol. The molecule has 0 fully saturated rings. The number of hydrazone groups is 1. The van der Waals surface area contributed by atoms with Crippen LogP contribution in [-0.2, 0) is 6.42 Å². The Kier molecular flexibility index (Phi) is 4.29. The van der Waals surface area contributed by atoms with E-state index in [0.717, 1.165) is 28.8 Å². The predicted octanol–water partition coefficient (Wildman–Crippen LogP) is 6.32. The number of ether oxygens (including phenoxy) is 1. The third-order valence-corrected chi connectivity index (χ3v) is 6.63. The summed E-state index contributed by atoms with van der Waals surface area (Å²) in [6.45, 7) is 2.18. The van der Waals surface area contributed by atoms with Gasteiger partial charge in [0.2, 0.25) is 6.23 Å². The number of hydrogen-bond acceptors (Lipinski definition) is 4. The molecule has 2 aliphatic heterocycles. The fraction of sp³-hybridized carbons (Fsp3) is 0.227. The van der Waals surface area contributed by atoms with Gasteiger partial charge in [0.1, 0.15) is 5.75 Å². The van der Waals surface area contributed by atoms with Crippen LogP contribution in [0.2, 0.25) is 0 Å². The molecule has 5 rings (SSSR count). The van der Waals surface area contributed by atoms with Crippen LogP contribution in [-0.4, -0.2) is 10.7 Å². The number of fused-ring (bicyclic) bond motifs is 3. The molecule has 136 valence electrons. The minimum absolute atomic E-state index is 0.170. The number of aryl methyl sites for hydroxylation is 1. The fourth-order valence-electron chi connectivity index (χ4n) is 3.78. The van der Waals surface area contributed by atoms with Gasteiger partial charge in [-0.1, -0.05) is 53.2 Å². The van der Waals surface area contributed by atoms with Crippen molar-refractivity contribution in [1.29, 1.82) is 0 Å². The van der Waals surface area contributed by atoms with Crippen molar-refractivity contribution in [3.05, 3.63) is 86.0 Å². The second-order valence-corrected chi connectivity index (χ2v) is 8.76. The standard InChI is InChI=1S/C22H19BrN2OS/c1-2-14-5-7-15(8-6-14)18-13-19-17-12-16(23)9-10-20(17)26-22(25(19)24-18)21-4-3-11-27-21/h3-12,19,22H,2,13H2,1H3/t19-,22-/m0/s1. The smallest absolute Gasteiger partial charge is 0.222 e. The molecule has 2 atom stereocenters. The monoisotopic (exact) mass is 438 g/mol. The van der Waals surface area contributed by atoms with E-state index in [1.165, 1.54) is 21.6 Å². The molecule has 5 heteroatoms. The number of hydrogen-bond donors (Lipinski definition) is 0. The largest absolute Gasteiger partial charge is 0.464 e. The Balaban J connectivity index is 1.57. The minimum atomic E-state index is -0.170. The van der Waals surface area contributed by atoms with Gasteiger partial charge in [0.05, 0.1) is 16.6 Å². The highest BCUT2D eigenvalue weighted by atomic mass is 79.9. The van der Waals surface area contributed by atoms with Crippen LogP contribution in [0.4, 0.5) is 0 Å². The molecule has 3 heterocycles. The lowest BCUT2D eigenvalue weighted by atomic mass is 9.96. The van der Waals surface area contributed by atoms with Crippen molar-refractivity contribution in [2.45, 2.75) is 32.0 Å². The molecule has 0 saturated heterocycles. The number of halogens is 1. The van der Waals surface area contributed by atoms with Gasteiger partial charge in [0, 0.05) is 16.5 Å². The molecule has 2 aliphatic rings. The molecular formula is C22H19BrN2OS. The van der Waals surface area contributed by atoms with E-state index in [0.29, 0.717) is 0 Å². The molecule has 0 aliphatic carbocycles. The molecule has 3 aromatic rings. The van der Waals surface area contributed by atoms with Gasteiger partial charge >= 0.3 is 0 Å². The topological polar surface area (TPSA) is 24.8 Å². The Morgan fingerprint density at radius 1 is 1.19 bits per heavy atom. The van der Waals surface area contributed by atoms with E-state index in [1.54, 1.807) is 11.3 Å². The summed E-state index contributed by atoms with van der Waals surface area (Å²) in [4.78, 5) is 1.18. The first-order valence-corrected chi connectivity index (χ1v) is 10.8. The summed E-state index contributed by atoms with van der Waals surface area (Å²) in [5.74, 6) is 0.954. The summed E-state index contributed by atoms with van der Waals surface area (Å²) in [5.41, 5.74) is 4.87. The Labute approximate surface area is 171 Å². The van der Waals surface area contributed by atoms with Crippen LogP contribution >= 0.6 is 27.3 Å². The van der Waals surface area contributed by atoms with E-state index in [-0.39, 0.29) is 12.3 Å². The Hall–Kier alpha value is -2.11. The molecule has 0 radical (unpaired) electrons. The SMILES string of the molecule is CCc1ccc(C2=NN3[C@@H](C2)c2cc(Br)ccc2O[C@H]3c2cccs2)cc1. The minimum Gasteiger partial charge on any atom is -0.464 e. The Morgan fingerprint density at radius 2 is 2.04 bits per heavy atom. The summed E-state index contributed by atoms with van der Waals surface area (Å²) < 4.78 is 7.44. The zero-order chi connectivity index (χ0) is 18.4. The van der Waals surface area contributed by atoms with Gasteiger partial charge in [-0.15, -0.1) is 11.3 Å². The number of benzene rings is 2. The lowest BCUT2D eigenvalue weighted by Gasteiger charge is -2.37.